The number of halogens is 2. The minimum absolute atomic E-state index is 0.341. The summed E-state index contributed by atoms with van der Waals surface area (Å²) in [5, 5.41) is 7.69. The number of carbonyl (C=O) groups is 1. The molecule has 0 spiro atoms. The van der Waals surface area contributed by atoms with E-state index in [4.69, 9.17) is 37.2 Å². The lowest BCUT2D eigenvalue weighted by Crippen LogP contribution is -2.03. The molecule has 7 heteroatoms. The third-order valence-corrected chi connectivity index (χ3v) is 7.64. The van der Waals surface area contributed by atoms with Crippen LogP contribution in [-0.4, -0.2) is 18.2 Å². The van der Waals surface area contributed by atoms with Gasteiger partial charge in [-0.05, 0) is 89.2 Å². The fraction of sp³-hybridized carbons (Fsp3) is 0.212. The van der Waals surface area contributed by atoms with Gasteiger partial charge in [-0.15, -0.1) is 0 Å². The van der Waals surface area contributed by atoms with Crippen LogP contribution in [0.25, 0.3) is 21.9 Å². The van der Waals surface area contributed by atoms with Crippen LogP contribution in [0.5, 0.6) is 5.75 Å². The average molecular weight is 575 g/mol. The molecule has 1 heterocycles. The van der Waals surface area contributed by atoms with Gasteiger partial charge in [-0.25, -0.2) is 4.79 Å². The summed E-state index contributed by atoms with van der Waals surface area (Å²) in [7, 11) is 1.39. The number of ether oxygens (including phenoxy) is 2. The Balaban J connectivity index is 1.29. The van der Waals surface area contributed by atoms with E-state index >= 15 is 0 Å². The van der Waals surface area contributed by atoms with Crippen LogP contribution < -0.4 is 4.74 Å². The molecule has 0 saturated carbocycles. The second-order valence-electron chi connectivity index (χ2n) is 9.56. The highest BCUT2D eigenvalue weighted by molar-refractivity contribution is 6.36. The molecular weight excluding hydrogens is 545 g/mol. The van der Waals surface area contributed by atoms with Gasteiger partial charge in [0.25, 0.3) is 0 Å². The number of fused-ring (bicyclic) bond motifs is 1. The predicted octanol–water partition coefficient (Wildman–Crippen LogP) is 8.90. The number of hydrogen-bond donors (Lipinski definition) is 0. The van der Waals surface area contributed by atoms with Gasteiger partial charge in [0, 0.05) is 16.5 Å². The minimum atomic E-state index is -0.341. The third-order valence-electron chi connectivity index (χ3n) is 6.93. The first kappa shape index (κ1) is 27.8. The van der Waals surface area contributed by atoms with E-state index in [9.17, 15) is 4.79 Å². The summed E-state index contributed by atoms with van der Waals surface area (Å²) >= 11 is 12.7. The van der Waals surface area contributed by atoms with Crippen LogP contribution in [0, 0.1) is 0 Å². The molecular formula is C33H29Cl2NO4. The molecule has 0 N–H and O–H groups in total. The summed E-state index contributed by atoms with van der Waals surface area (Å²) in [6.07, 6.45) is 3.05. The van der Waals surface area contributed by atoms with E-state index in [1.54, 1.807) is 6.07 Å². The molecule has 5 rings (SSSR count). The van der Waals surface area contributed by atoms with Crippen molar-refractivity contribution in [1.29, 1.82) is 0 Å². The fourth-order valence-corrected chi connectivity index (χ4v) is 5.34. The lowest BCUT2D eigenvalue weighted by Gasteiger charge is -2.10. The molecule has 4 aromatic carbocycles. The Labute approximate surface area is 243 Å². The first-order valence-corrected chi connectivity index (χ1v) is 14.0. The summed E-state index contributed by atoms with van der Waals surface area (Å²) in [4.78, 5) is 11.8. The monoisotopic (exact) mass is 573 g/mol. The Hall–Kier alpha value is -3.80. The van der Waals surface area contributed by atoms with Gasteiger partial charge in [-0.2, -0.15) is 0 Å². The van der Waals surface area contributed by atoms with E-state index in [1.165, 1.54) is 7.11 Å². The number of hydrogen-bond acceptors (Lipinski definition) is 5. The molecule has 5 aromatic rings. The summed E-state index contributed by atoms with van der Waals surface area (Å²) < 4.78 is 16.7. The Morgan fingerprint density at radius 2 is 1.52 bits per heavy atom. The average Bonchev–Trinajstić information content (AvgIpc) is 3.36. The molecule has 0 aliphatic carbocycles. The van der Waals surface area contributed by atoms with Gasteiger partial charge in [0.1, 0.15) is 18.1 Å². The van der Waals surface area contributed by atoms with Crippen LogP contribution in [-0.2, 0) is 30.6 Å². The van der Waals surface area contributed by atoms with Crippen molar-refractivity contribution in [2.24, 2.45) is 0 Å². The van der Waals surface area contributed by atoms with E-state index in [-0.39, 0.29) is 5.97 Å². The van der Waals surface area contributed by atoms with Crippen molar-refractivity contribution in [3.8, 4) is 16.9 Å². The molecule has 0 bridgehead atoms. The number of methoxy groups -OCH3 is 1. The lowest BCUT2D eigenvalue weighted by molar-refractivity contribution is 0.0601. The highest BCUT2D eigenvalue weighted by Crippen LogP contribution is 2.29. The van der Waals surface area contributed by atoms with Gasteiger partial charge in [0.2, 0.25) is 0 Å². The maximum atomic E-state index is 11.8. The van der Waals surface area contributed by atoms with Crippen molar-refractivity contribution in [3.63, 3.8) is 0 Å². The molecule has 40 heavy (non-hydrogen) atoms. The highest BCUT2D eigenvalue weighted by Gasteiger charge is 2.18. The number of rotatable bonds is 10. The highest BCUT2D eigenvalue weighted by atomic mass is 35.5. The second-order valence-corrected chi connectivity index (χ2v) is 10.4. The van der Waals surface area contributed by atoms with Crippen LogP contribution >= 0.6 is 23.2 Å². The minimum Gasteiger partial charge on any atom is -0.489 e. The molecule has 0 radical (unpaired) electrons. The lowest BCUT2D eigenvalue weighted by atomic mass is 10.00. The smallest absolute Gasteiger partial charge is 0.337 e. The molecule has 0 aliphatic heterocycles. The van der Waals surface area contributed by atoms with E-state index in [2.05, 4.69) is 18.1 Å². The first-order valence-electron chi connectivity index (χ1n) is 13.2. The molecule has 5 nitrogen and oxygen atoms in total. The standard InChI is InChI=1S/C33H29Cl2NO4/c1-3-5-32-28(31(36-40-32)17-16-27-29(34)6-4-7-30(27)35)20-39-26-14-12-21(13-15-26)22-8-9-24-19-25(33(37)38-2)11-10-23(24)18-22/h4,6-15,18-19H,3,5,16-17,20H2,1-2H3. The SMILES string of the molecule is CCCc1onc(CCc2c(Cl)cccc2Cl)c1COc1ccc(-c2ccc3cc(C(=O)OC)ccc3c2)cc1. The molecule has 204 valence electrons. The van der Waals surface area contributed by atoms with Crippen molar-refractivity contribution in [3.05, 3.63) is 117 Å². The van der Waals surface area contributed by atoms with Crippen LogP contribution in [0.1, 0.15) is 46.3 Å². The van der Waals surface area contributed by atoms with Gasteiger partial charge in [-0.1, -0.05) is 71.7 Å². The molecule has 0 fully saturated rings. The number of nitrogens with zero attached hydrogens (tertiary/aromatic N) is 1. The maximum absolute atomic E-state index is 11.8. The second kappa shape index (κ2) is 12.6. The topological polar surface area (TPSA) is 61.6 Å². The van der Waals surface area contributed by atoms with Gasteiger partial charge in [-0.3, -0.25) is 0 Å². The van der Waals surface area contributed by atoms with E-state index < -0.39 is 0 Å². The number of aromatic nitrogens is 1. The zero-order valence-electron chi connectivity index (χ0n) is 22.4. The number of esters is 1. The molecule has 0 amide bonds. The first-order chi connectivity index (χ1) is 19.5. The van der Waals surface area contributed by atoms with E-state index in [0.29, 0.717) is 35.1 Å². The Morgan fingerprint density at radius 3 is 2.25 bits per heavy atom. The molecule has 0 unspecified atom stereocenters. The van der Waals surface area contributed by atoms with Crippen molar-refractivity contribution in [2.75, 3.05) is 7.11 Å². The van der Waals surface area contributed by atoms with Crippen molar-refractivity contribution in [1.82, 2.24) is 5.16 Å². The van der Waals surface area contributed by atoms with Gasteiger partial charge in [0.15, 0.2) is 0 Å². The quantitative estimate of drug-likeness (QED) is 0.156. The number of aryl methyl sites for hydroxylation is 2. The Kier molecular flexibility index (Phi) is 8.73. The Bertz CT molecular complexity index is 1620. The summed E-state index contributed by atoms with van der Waals surface area (Å²) in [6, 6.07) is 25.3. The summed E-state index contributed by atoms with van der Waals surface area (Å²) in [5.74, 6) is 1.27. The largest absolute Gasteiger partial charge is 0.489 e. The Morgan fingerprint density at radius 1 is 0.825 bits per heavy atom. The number of carbonyl (C=O) groups excluding carboxylic acids is 1. The number of benzene rings is 4. The molecule has 1 aromatic heterocycles. The van der Waals surface area contributed by atoms with Crippen LogP contribution in [0.15, 0.2) is 83.4 Å². The fourth-order valence-electron chi connectivity index (χ4n) is 4.75. The third kappa shape index (κ3) is 6.16. The van der Waals surface area contributed by atoms with Crippen LogP contribution in [0.3, 0.4) is 0 Å². The van der Waals surface area contributed by atoms with Crippen molar-refractivity contribution >= 4 is 39.9 Å². The zero-order chi connectivity index (χ0) is 28.1. The normalized spacial score (nSPS) is 11.1. The molecule has 0 saturated heterocycles. The van der Waals surface area contributed by atoms with E-state index in [0.717, 1.165) is 63.1 Å². The van der Waals surface area contributed by atoms with Gasteiger partial charge >= 0.3 is 5.97 Å². The van der Waals surface area contributed by atoms with Crippen molar-refractivity contribution in [2.45, 2.75) is 39.2 Å². The zero-order valence-corrected chi connectivity index (χ0v) is 23.9. The maximum Gasteiger partial charge on any atom is 0.337 e. The van der Waals surface area contributed by atoms with Crippen LogP contribution in [0.4, 0.5) is 0 Å². The molecule has 0 aliphatic rings. The summed E-state index contributed by atoms with van der Waals surface area (Å²) in [6.45, 7) is 2.47. The predicted molar refractivity (Wildman–Crippen MR) is 159 cm³/mol. The molecule has 0 atom stereocenters. The van der Waals surface area contributed by atoms with Crippen LogP contribution in [0.2, 0.25) is 10.0 Å². The summed E-state index contributed by atoms with van der Waals surface area (Å²) in [5.41, 5.74) is 5.44. The van der Waals surface area contributed by atoms with Gasteiger partial charge in [0.05, 0.1) is 23.9 Å². The van der Waals surface area contributed by atoms with E-state index in [1.807, 2.05) is 66.7 Å². The van der Waals surface area contributed by atoms with Gasteiger partial charge < -0.3 is 14.0 Å². The van der Waals surface area contributed by atoms with Crippen molar-refractivity contribution < 1.29 is 18.8 Å².